The minimum Gasteiger partial charge on any atom is -0.348 e. The minimum absolute atomic E-state index is 0. The molecule has 0 radical (unpaired) electrons. The molecule has 110 valence electrons. The van der Waals surface area contributed by atoms with Gasteiger partial charge in [-0.1, -0.05) is 0 Å². The molecule has 1 fully saturated rings. The van der Waals surface area contributed by atoms with Gasteiger partial charge in [0.15, 0.2) is 0 Å². The number of nitrogens with zero attached hydrogens (tertiary/aromatic N) is 1. The van der Waals surface area contributed by atoms with Crippen LogP contribution < -0.4 is 11.1 Å². The highest BCUT2D eigenvalue weighted by Gasteiger charge is 2.32. The van der Waals surface area contributed by atoms with Crippen molar-refractivity contribution >= 4 is 24.0 Å². The number of benzene rings is 1. The first-order valence-corrected chi connectivity index (χ1v) is 5.97. The number of carbonyl (C=O) groups is 1. The average Bonchev–Trinajstić information content (AvgIpc) is 3.19. The summed E-state index contributed by atoms with van der Waals surface area (Å²) in [6, 6.07) is 2.60. The van der Waals surface area contributed by atoms with Gasteiger partial charge in [-0.3, -0.25) is 14.9 Å². The van der Waals surface area contributed by atoms with E-state index in [0.29, 0.717) is 5.92 Å². The van der Waals surface area contributed by atoms with E-state index in [1.807, 2.05) is 0 Å². The molecule has 20 heavy (non-hydrogen) atoms. The van der Waals surface area contributed by atoms with Crippen LogP contribution in [0.25, 0.3) is 0 Å². The smallest absolute Gasteiger partial charge is 0.282 e. The number of hydrogen-bond donors (Lipinski definition) is 2. The lowest BCUT2D eigenvalue weighted by atomic mass is 10.1. The van der Waals surface area contributed by atoms with E-state index in [2.05, 4.69) is 5.32 Å². The van der Waals surface area contributed by atoms with Crippen molar-refractivity contribution in [2.24, 2.45) is 11.7 Å². The summed E-state index contributed by atoms with van der Waals surface area (Å²) in [5.41, 5.74) is 4.86. The van der Waals surface area contributed by atoms with E-state index < -0.39 is 22.3 Å². The molecule has 0 aliphatic heterocycles. The first-order chi connectivity index (χ1) is 9.02. The van der Waals surface area contributed by atoms with Crippen molar-refractivity contribution < 1.29 is 14.1 Å². The van der Waals surface area contributed by atoms with Gasteiger partial charge in [0.25, 0.3) is 11.6 Å². The Hall–Kier alpha value is -1.73. The van der Waals surface area contributed by atoms with Crippen molar-refractivity contribution in [1.29, 1.82) is 0 Å². The van der Waals surface area contributed by atoms with E-state index in [-0.39, 0.29) is 30.6 Å². The Bertz CT molecular complexity index is 523. The van der Waals surface area contributed by atoms with Crippen LogP contribution in [0, 0.1) is 21.8 Å². The SMILES string of the molecule is Cl.NCC(NC(=O)c1cc(F)ccc1[N+](=O)[O-])C1CC1. The fourth-order valence-electron chi connectivity index (χ4n) is 1.96. The van der Waals surface area contributed by atoms with Gasteiger partial charge in [-0.05, 0) is 30.9 Å². The standard InChI is InChI=1S/C12H14FN3O3.ClH/c13-8-3-4-11(16(18)19)9(5-8)12(17)15-10(6-14)7-1-2-7;/h3-5,7,10H,1-2,6,14H2,(H,15,17);1H. The Labute approximate surface area is 121 Å². The Morgan fingerprint density at radius 3 is 2.70 bits per heavy atom. The van der Waals surface area contributed by atoms with E-state index in [9.17, 15) is 19.3 Å². The van der Waals surface area contributed by atoms with E-state index >= 15 is 0 Å². The third-order valence-electron chi connectivity index (χ3n) is 3.16. The van der Waals surface area contributed by atoms with Crippen LogP contribution in [0.5, 0.6) is 0 Å². The molecule has 1 aliphatic rings. The number of nitro groups is 1. The fourth-order valence-corrected chi connectivity index (χ4v) is 1.96. The lowest BCUT2D eigenvalue weighted by Gasteiger charge is -2.15. The highest BCUT2D eigenvalue weighted by molar-refractivity contribution is 5.98. The summed E-state index contributed by atoms with van der Waals surface area (Å²) < 4.78 is 13.1. The number of nitrogens with two attached hydrogens (primary N) is 1. The van der Waals surface area contributed by atoms with Crippen LogP contribution in [0.15, 0.2) is 18.2 Å². The largest absolute Gasteiger partial charge is 0.348 e. The molecule has 0 bridgehead atoms. The molecule has 1 amide bonds. The molecule has 6 nitrogen and oxygen atoms in total. The van der Waals surface area contributed by atoms with Crippen molar-refractivity contribution in [3.8, 4) is 0 Å². The molecule has 8 heteroatoms. The van der Waals surface area contributed by atoms with Gasteiger partial charge in [-0.25, -0.2) is 4.39 Å². The molecule has 1 aromatic rings. The van der Waals surface area contributed by atoms with Crippen molar-refractivity contribution in [3.05, 3.63) is 39.7 Å². The number of nitrogens with one attached hydrogen (secondary N) is 1. The van der Waals surface area contributed by atoms with Gasteiger partial charge >= 0.3 is 0 Å². The first-order valence-electron chi connectivity index (χ1n) is 5.97. The van der Waals surface area contributed by atoms with Crippen LogP contribution in [0.3, 0.4) is 0 Å². The molecule has 1 saturated carbocycles. The van der Waals surface area contributed by atoms with Gasteiger partial charge in [0.1, 0.15) is 11.4 Å². The van der Waals surface area contributed by atoms with Crippen molar-refractivity contribution in [3.63, 3.8) is 0 Å². The molecular weight excluding hydrogens is 289 g/mol. The van der Waals surface area contributed by atoms with Crippen molar-refractivity contribution in [2.45, 2.75) is 18.9 Å². The maximum absolute atomic E-state index is 13.1. The Balaban J connectivity index is 0.00000200. The van der Waals surface area contributed by atoms with Crippen LogP contribution in [-0.2, 0) is 0 Å². The van der Waals surface area contributed by atoms with Crippen LogP contribution in [-0.4, -0.2) is 23.4 Å². The van der Waals surface area contributed by atoms with Gasteiger partial charge < -0.3 is 11.1 Å². The van der Waals surface area contributed by atoms with Gasteiger partial charge in [0, 0.05) is 18.7 Å². The Kier molecular flexibility index (Phi) is 5.41. The Morgan fingerprint density at radius 2 is 2.20 bits per heavy atom. The molecule has 1 atom stereocenters. The zero-order valence-corrected chi connectivity index (χ0v) is 11.4. The van der Waals surface area contributed by atoms with E-state index in [4.69, 9.17) is 5.73 Å². The molecule has 2 rings (SSSR count). The van der Waals surface area contributed by atoms with Crippen LogP contribution in [0.2, 0.25) is 0 Å². The third kappa shape index (κ3) is 3.64. The molecule has 0 aromatic heterocycles. The summed E-state index contributed by atoms with van der Waals surface area (Å²) in [5, 5.41) is 13.4. The number of hydrogen-bond acceptors (Lipinski definition) is 4. The van der Waals surface area contributed by atoms with Gasteiger partial charge in [0.2, 0.25) is 0 Å². The summed E-state index contributed by atoms with van der Waals surface area (Å²) in [4.78, 5) is 22.1. The zero-order valence-electron chi connectivity index (χ0n) is 10.5. The minimum atomic E-state index is -0.705. The normalized spacial score (nSPS) is 15.1. The molecule has 0 saturated heterocycles. The van der Waals surface area contributed by atoms with E-state index in [1.165, 1.54) is 0 Å². The molecule has 0 spiro atoms. The monoisotopic (exact) mass is 303 g/mol. The van der Waals surface area contributed by atoms with Gasteiger partial charge in [0.05, 0.1) is 4.92 Å². The second-order valence-electron chi connectivity index (χ2n) is 4.57. The quantitative estimate of drug-likeness (QED) is 0.638. The van der Waals surface area contributed by atoms with Crippen LogP contribution in [0.1, 0.15) is 23.2 Å². The molecule has 1 unspecified atom stereocenters. The summed E-state index contributed by atoms with van der Waals surface area (Å²) in [6.07, 6.45) is 1.96. The second kappa shape index (κ2) is 6.62. The maximum atomic E-state index is 13.1. The number of carbonyl (C=O) groups excluding carboxylic acids is 1. The lowest BCUT2D eigenvalue weighted by molar-refractivity contribution is -0.385. The van der Waals surface area contributed by atoms with E-state index in [1.54, 1.807) is 0 Å². The molecule has 1 aliphatic carbocycles. The highest BCUT2D eigenvalue weighted by Crippen LogP contribution is 2.32. The number of amides is 1. The summed E-state index contributed by atoms with van der Waals surface area (Å²) in [6.45, 7) is 0.263. The van der Waals surface area contributed by atoms with Crippen LogP contribution >= 0.6 is 12.4 Å². The molecular formula is C12H15ClFN3O3. The number of nitro benzene ring substituents is 1. The highest BCUT2D eigenvalue weighted by atomic mass is 35.5. The summed E-state index contributed by atoms with van der Waals surface area (Å²) >= 11 is 0. The van der Waals surface area contributed by atoms with Gasteiger partial charge in [-0.2, -0.15) is 0 Å². The van der Waals surface area contributed by atoms with E-state index in [0.717, 1.165) is 31.0 Å². The maximum Gasteiger partial charge on any atom is 0.282 e. The average molecular weight is 304 g/mol. The first kappa shape index (κ1) is 16.3. The second-order valence-corrected chi connectivity index (χ2v) is 4.57. The van der Waals surface area contributed by atoms with Crippen molar-refractivity contribution in [1.82, 2.24) is 5.32 Å². The fraction of sp³-hybridized carbons (Fsp3) is 0.417. The number of halogens is 2. The van der Waals surface area contributed by atoms with Crippen LogP contribution in [0.4, 0.5) is 10.1 Å². The summed E-state index contributed by atoms with van der Waals surface area (Å²) in [5.74, 6) is -1.03. The third-order valence-corrected chi connectivity index (χ3v) is 3.16. The molecule has 3 N–H and O–H groups in total. The lowest BCUT2D eigenvalue weighted by Crippen LogP contribution is -2.41. The molecule has 0 heterocycles. The Morgan fingerprint density at radius 1 is 1.55 bits per heavy atom. The van der Waals surface area contributed by atoms with Crippen molar-refractivity contribution in [2.75, 3.05) is 6.54 Å². The predicted octanol–water partition coefficient (Wildman–Crippen LogP) is 1.62. The summed E-state index contributed by atoms with van der Waals surface area (Å²) in [7, 11) is 0. The topological polar surface area (TPSA) is 98.3 Å². The number of rotatable bonds is 5. The van der Waals surface area contributed by atoms with Gasteiger partial charge in [-0.15, -0.1) is 12.4 Å². The predicted molar refractivity (Wildman–Crippen MR) is 73.3 cm³/mol. The zero-order chi connectivity index (χ0) is 14.0. The molecule has 1 aromatic carbocycles.